The lowest BCUT2D eigenvalue weighted by Gasteiger charge is -1.88. The summed E-state index contributed by atoms with van der Waals surface area (Å²) in [5.74, 6) is 1.03. The van der Waals surface area contributed by atoms with E-state index < -0.39 is 5.97 Å². The quantitative estimate of drug-likeness (QED) is 0.761. The number of hydrogen-bond acceptors (Lipinski definition) is 4. The summed E-state index contributed by atoms with van der Waals surface area (Å²) < 4.78 is 4.92. The fourth-order valence-corrected chi connectivity index (χ4v) is 1.27. The molecule has 14 heavy (non-hydrogen) atoms. The molecule has 5 heteroatoms. The van der Waals surface area contributed by atoms with Crippen molar-refractivity contribution in [2.45, 2.75) is 32.1 Å². The van der Waals surface area contributed by atoms with Crippen LogP contribution in [-0.2, 0) is 17.6 Å². The van der Waals surface area contributed by atoms with Crippen LogP contribution in [-0.4, -0.2) is 21.2 Å². The highest BCUT2D eigenvalue weighted by molar-refractivity contribution is 5.66. The van der Waals surface area contributed by atoms with Gasteiger partial charge in [0.2, 0.25) is 5.89 Å². The number of aliphatic carboxylic acids is 1. The summed E-state index contributed by atoms with van der Waals surface area (Å²) in [6.07, 6.45) is 3.74. The van der Waals surface area contributed by atoms with Gasteiger partial charge in [0, 0.05) is 12.8 Å². The molecule has 1 aromatic rings. The maximum atomic E-state index is 10.3. The summed E-state index contributed by atoms with van der Waals surface area (Å²) in [6, 6.07) is 0. The molecule has 0 radical (unpaired) electrons. The smallest absolute Gasteiger partial charge is 0.303 e. The summed E-state index contributed by atoms with van der Waals surface area (Å²) in [4.78, 5) is 14.4. The van der Waals surface area contributed by atoms with Gasteiger partial charge < -0.3 is 9.63 Å². The van der Waals surface area contributed by atoms with Gasteiger partial charge in [0.25, 0.3) is 0 Å². The van der Waals surface area contributed by atoms with E-state index in [1.807, 2.05) is 0 Å². The van der Waals surface area contributed by atoms with Gasteiger partial charge in [-0.3, -0.25) is 4.79 Å². The minimum atomic E-state index is -0.841. The summed E-state index contributed by atoms with van der Waals surface area (Å²) in [5.41, 5.74) is 0. The lowest BCUT2D eigenvalue weighted by Crippen LogP contribution is -1.98. The van der Waals surface area contributed by atoms with Crippen molar-refractivity contribution in [1.82, 2.24) is 10.1 Å². The first-order chi connectivity index (χ1) is 6.74. The monoisotopic (exact) mass is 196 g/mol. The second-order valence-corrected chi connectivity index (χ2v) is 3.65. The van der Waals surface area contributed by atoms with E-state index in [0.717, 1.165) is 12.3 Å². The predicted octanol–water partition coefficient (Wildman–Crippen LogP) is 1.04. The van der Waals surface area contributed by atoms with Crippen LogP contribution in [0.25, 0.3) is 0 Å². The zero-order valence-corrected chi connectivity index (χ0v) is 7.77. The Balaban J connectivity index is 1.85. The van der Waals surface area contributed by atoms with Crippen molar-refractivity contribution < 1.29 is 14.4 Å². The van der Waals surface area contributed by atoms with E-state index in [9.17, 15) is 4.79 Å². The first-order valence-electron chi connectivity index (χ1n) is 4.77. The second kappa shape index (κ2) is 3.77. The van der Waals surface area contributed by atoms with Crippen LogP contribution in [0.5, 0.6) is 0 Å². The van der Waals surface area contributed by atoms with E-state index in [2.05, 4.69) is 10.1 Å². The highest BCUT2D eigenvalue weighted by atomic mass is 16.5. The average molecular weight is 196 g/mol. The minimum absolute atomic E-state index is 0.0467. The molecule has 0 spiro atoms. The molecule has 1 aliphatic rings. The van der Waals surface area contributed by atoms with E-state index in [1.165, 1.54) is 12.8 Å². The number of carbonyl (C=O) groups is 1. The van der Waals surface area contributed by atoms with E-state index in [0.29, 0.717) is 18.1 Å². The molecule has 1 heterocycles. The fraction of sp³-hybridized carbons (Fsp3) is 0.667. The van der Waals surface area contributed by atoms with Crippen molar-refractivity contribution in [1.29, 1.82) is 0 Å². The van der Waals surface area contributed by atoms with Crippen LogP contribution in [0.1, 0.15) is 31.0 Å². The molecule has 5 nitrogen and oxygen atoms in total. The molecule has 0 unspecified atom stereocenters. The SMILES string of the molecule is O=C(O)CCc1nc(CC2CC2)no1. The third-order valence-electron chi connectivity index (χ3n) is 2.23. The molecule has 1 N–H and O–H groups in total. The molecule has 76 valence electrons. The fourth-order valence-electron chi connectivity index (χ4n) is 1.27. The number of nitrogens with zero attached hydrogens (tertiary/aromatic N) is 2. The van der Waals surface area contributed by atoms with Gasteiger partial charge in [-0.2, -0.15) is 4.98 Å². The molecule has 2 rings (SSSR count). The van der Waals surface area contributed by atoms with Crippen molar-refractivity contribution in [3.8, 4) is 0 Å². The number of carboxylic acid groups (broad SMARTS) is 1. The highest BCUT2D eigenvalue weighted by Crippen LogP contribution is 2.31. The zero-order valence-electron chi connectivity index (χ0n) is 7.77. The Bertz CT molecular complexity index is 331. The van der Waals surface area contributed by atoms with Crippen molar-refractivity contribution in [2.24, 2.45) is 5.92 Å². The van der Waals surface area contributed by atoms with Gasteiger partial charge in [0.05, 0.1) is 6.42 Å². The van der Waals surface area contributed by atoms with Crippen LogP contribution in [0, 0.1) is 5.92 Å². The first kappa shape index (κ1) is 9.18. The van der Waals surface area contributed by atoms with Crippen molar-refractivity contribution in [2.75, 3.05) is 0 Å². The third-order valence-corrected chi connectivity index (χ3v) is 2.23. The minimum Gasteiger partial charge on any atom is -0.481 e. The lowest BCUT2D eigenvalue weighted by molar-refractivity contribution is -0.137. The van der Waals surface area contributed by atoms with Gasteiger partial charge in [0.15, 0.2) is 5.82 Å². The van der Waals surface area contributed by atoms with Crippen LogP contribution in [0.2, 0.25) is 0 Å². The van der Waals surface area contributed by atoms with E-state index in [1.54, 1.807) is 0 Å². The van der Waals surface area contributed by atoms with Gasteiger partial charge in [-0.1, -0.05) is 5.16 Å². The largest absolute Gasteiger partial charge is 0.481 e. The van der Waals surface area contributed by atoms with Crippen LogP contribution < -0.4 is 0 Å². The Labute approximate surface area is 81.1 Å². The molecule has 0 aliphatic heterocycles. The summed E-state index contributed by atoms with van der Waals surface area (Å²) in [5, 5.41) is 12.2. The summed E-state index contributed by atoms with van der Waals surface area (Å²) >= 11 is 0. The molecule has 0 amide bonds. The van der Waals surface area contributed by atoms with Crippen LogP contribution in [0.3, 0.4) is 0 Å². The van der Waals surface area contributed by atoms with Gasteiger partial charge in [-0.25, -0.2) is 0 Å². The van der Waals surface area contributed by atoms with Crippen LogP contribution in [0.4, 0.5) is 0 Å². The molecular formula is C9H12N2O3. The van der Waals surface area contributed by atoms with E-state index in [-0.39, 0.29) is 6.42 Å². The lowest BCUT2D eigenvalue weighted by atomic mass is 10.3. The normalized spacial score (nSPS) is 15.7. The number of carboxylic acids is 1. The Morgan fingerprint density at radius 3 is 3.00 bits per heavy atom. The van der Waals surface area contributed by atoms with Crippen molar-refractivity contribution >= 4 is 5.97 Å². The highest BCUT2D eigenvalue weighted by Gasteiger charge is 2.23. The predicted molar refractivity (Wildman–Crippen MR) is 46.7 cm³/mol. The molecule has 1 aromatic heterocycles. The maximum Gasteiger partial charge on any atom is 0.303 e. The van der Waals surface area contributed by atoms with Gasteiger partial charge in [-0.15, -0.1) is 0 Å². The van der Waals surface area contributed by atoms with Gasteiger partial charge in [-0.05, 0) is 18.8 Å². The molecule has 0 saturated heterocycles. The molecule has 0 atom stereocenters. The Morgan fingerprint density at radius 1 is 1.57 bits per heavy atom. The second-order valence-electron chi connectivity index (χ2n) is 3.65. The standard InChI is InChI=1S/C9H12N2O3/c12-9(13)4-3-8-10-7(11-14-8)5-6-1-2-6/h6H,1-5H2,(H,12,13). The Hall–Kier alpha value is -1.39. The first-order valence-corrected chi connectivity index (χ1v) is 4.77. The van der Waals surface area contributed by atoms with E-state index in [4.69, 9.17) is 9.63 Å². The van der Waals surface area contributed by atoms with Crippen LogP contribution >= 0.6 is 0 Å². The number of rotatable bonds is 5. The molecule has 0 aromatic carbocycles. The molecule has 1 fully saturated rings. The van der Waals surface area contributed by atoms with Gasteiger partial charge in [0.1, 0.15) is 0 Å². The number of hydrogen-bond donors (Lipinski definition) is 1. The molecule has 1 aliphatic carbocycles. The average Bonchev–Trinajstić information content (AvgIpc) is 2.81. The Morgan fingerprint density at radius 2 is 2.36 bits per heavy atom. The number of aryl methyl sites for hydroxylation is 1. The van der Waals surface area contributed by atoms with E-state index >= 15 is 0 Å². The third kappa shape index (κ3) is 2.55. The summed E-state index contributed by atoms with van der Waals surface area (Å²) in [6.45, 7) is 0. The zero-order chi connectivity index (χ0) is 9.97. The molecule has 1 saturated carbocycles. The summed E-state index contributed by atoms with van der Waals surface area (Å²) in [7, 11) is 0. The maximum absolute atomic E-state index is 10.3. The van der Waals surface area contributed by atoms with Gasteiger partial charge >= 0.3 is 5.97 Å². The Kier molecular flexibility index (Phi) is 2.47. The topological polar surface area (TPSA) is 76.2 Å². The number of aromatic nitrogens is 2. The molecule has 0 bridgehead atoms. The van der Waals surface area contributed by atoms with Crippen LogP contribution in [0.15, 0.2) is 4.52 Å². The van der Waals surface area contributed by atoms with Crippen molar-refractivity contribution in [3.05, 3.63) is 11.7 Å². The molecular weight excluding hydrogens is 184 g/mol. The van der Waals surface area contributed by atoms with Crippen molar-refractivity contribution in [3.63, 3.8) is 0 Å².